The minimum absolute atomic E-state index is 0.0143. The number of hydrogen-bond acceptors (Lipinski definition) is 5. The Morgan fingerprint density at radius 2 is 1.77 bits per heavy atom. The molecular formula is C22H19FN4O2S. The third kappa shape index (κ3) is 3.66. The molecule has 4 rings (SSSR count). The van der Waals surface area contributed by atoms with Crippen molar-refractivity contribution in [2.24, 2.45) is 0 Å². The third-order valence-electron chi connectivity index (χ3n) is 4.99. The highest BCUT2D eigenvalue weighted by Gasteiger charge is 2.21. The SMILES string of the molecule is Cc1ccc(C(=O)C(C)Sc2nnc3c(=O)n(-c4ccc(F)cc4)ccn23)cc1C. The lowest BCUT2D eigenvalue weighted by atomic mass is 10.0. The molecule has 2 heterocycles. The van der Waals surface area contributed by atoms with Gasteiger partial charge in [0.15, 0.2) is 10.9 Å². The van der Waals surface area contributed by atoms with Crippen LogP contribution in [0.2, 0.25) is 0 Å². The van der Waals surface area contributed by atoms with Crippen LogP contribution in [-0.2, 0) is 0 Å². The summed E-state index contributed by atoms with van der Waals surface area (Å²) in [5.41, 5.74) is 3.12. The zero-order valence-corrected chi connectivity index (χ0v) is 17.5. The molecular weight excluding hydrogens is 403 g/mol. The number of nitrogens with zero attached hydrogens (tertiary/aromatic N) is 4. The van der Waals surface area contributed by atoms with Gasteiger partial charge in [-0.3, -0.25) is 18.6 Å². The maximum atomic E-state index is 13.2. The zero-order chi connectivity index (χ0) is 21.4. The fourth-order valence-corrected chi connectivity index (χ4v) is 4.00. The molecule has 1 atom stereocenters. The Morgan fingerprint density at radius 3 is 2.47 bits per heavy atom. The number of benzene rings is 2. The smallest absolute Gasteiger partial charge is 0.293 e. The number of ketones is 1. The molecule has 0 bridgehead atoms. The molecule has 2 aromatic heterocycles. The maximum absolute atomic E-state index is 13.2. The molecule has 6 nitrogen and oxygen atoms in total. The topological polar surface area (TPSA) is 69.3 Å². The Kier molecular flexibility index (Phi) is 5.26. The summed E-state index contributed by atoms with van der Waals surface area (Å²) in [6.45, 7) is 5.79. The van der Waals surface area contributed by atoms with E-state index in [0.29, 0.717) is 16.4 Å². The van der Waals surface area contributed by atoms with E-state index < -0.39 is 5.25 Å². The molecule has 0 radical (unpaired) electrons. The maximum Gasteiger partial charge on any atom is 0.300 e. The predicted molar refractivity (Wildman–Crippen MR) is 114 cm³/mol. The molecule has 0 spiro atoms. The van der Waals surface area contributed by atoms with Gasteiger partial charge in [0.2, 0.25) is 5.65 Å². The predicted octanol–water partition coefficient (Wildman–Crippen LogP) is 4.00. The van der Waals surface area contributed by atoms with Crippen LogP contribution in [-0.4, -0.2) is 30.2 Å². The highest BCUT2D eigenvalue weighted by atomic mass is 32.2. The fraction of sp³-hybridized carbons (Fsp3) is 0.182. The average molecular weight is 422 g/mol. The summed E-state index contributed by atoms with van der Waals surface area (Å²) in [4.78, 5) is 25.6. The van der Waals surface area contributed by atoms with E-state index in [1.165, 1.54) is 40.6 Å². The van der Waals surface area contributed by atoms with E-state index in [1.807, 2.05) is 39.0 Å². The largest absolute Gasteiger partial charge is 0.300 e. The number of Topliss-reactive ketones (excluding diaryl/α,β-unsaturated/α-hetero) is 1. The van der Waals surface area contributed by atoms with Gasteiger partial charge in [-0.2, -0.15) is 0 Å². The first-order chi connectivity index (χ1) is 14.3. The van der Waals surface area contributed by atoms with Crippen molar-refractivity contribution in [2.75, 3.05) is 0 Å². The molecule has 152 valence electrons. The molecule has 0 aliphatic carbocycles. The summed E-state index contributed by atoms with van der Waals surface area (Å²) >= 11 is 1.25. The molecule has 0 amide bonds. The normalized spacial score (nSPS) is 12.3. The zero-order valence-electron chi connectivity index (χ0n) is 16.7. The number of rotatable bonds is 5. The second-order valence-corrected chi connectivity index (χ2v) is 8.36. The number of thioether (sulfide) groups is 1. The Bertz CT molecular complexity index is 1310. The van der Waals surface area contributed by atoms with Crippen molar-refractivity contribution in [2.45, 2.75) is 31.2 Å². The molecule has 8 heteroatoms. The summed E-state index contributed by atoms with van der Waals surface area (Å²) in [5.74, 6) is -0.393. The molecule has 30 heavy (non-hydrogen) atoms. The quantitative estimate of drug-likeness (QED) is 0.359. The molecule has 0 aliphatic heterocycles. The number of carbonyl (C=O) groups is 1. The minimum Gasteiger partial charge on any atom is -0.293 e. The van der Waals surface area contributed by atoms with Crippen LogP contribution in [0.1, 0.15) is 28.4 Å². The molecule has 0 fully saturated rings. The number of fused-ring (bicyclic) bond motifs is 1. The highest BCUT2D eigenvalue weighted by molar-refractivity contribution is 8.00. The molecule has 0 saturated carbocycles. The fourth-order valence-electron chi connectivity index (χ4n) is 3.09. The van der Waals surface area contributed by atoms with Gasteiger partial charge >= 0.3 is 5.56 Å². The van der Waals surface area contributed by atoms with Gasteiger partial charge in [-0.05, 0) is 62.2 Å². The van der Waals surface area contributed by atoms with Gasteiger partial charge in [-0.25, -0.2) is 4.39 Å². The van der Waals surface area contributed by atoms with Crippen LogP contribution in [0.3, 0.4) is 0 Å². The van der Waals surface area contributed by atoms with Crippen molar-refractivity contribution in [1.29, 1.82) is 0 Å². The lowest BCUT2D eigenvalue weighted by molar-refractivity contribution is 0.0993. The van der Waals surface area contributed by atoms with E-state index in [-0.39, 0.29) is 22.8 Å². The number of aromatic nitrogens is 4. The van der Waals surface area contributed by atoms with Crippen molar-refractivity contribution in [3.05, 3.63) is 87.7 Å². The monoisotopic (exact) mass is 422 g/mol. The van der Waals surface area contributed by atoms with Gasteiger partial charge in [-0.15, -0.1) is 10.2 Å². The summed E-state index contributed by atoms with van der Waals surface area (Å²) in [6.07, 6.45) is 3.24. The first-order valence-electron chi connectivity index (χ1n) is 9.35. The minimum atomic E-state index is -0.404. The van der Waals surface area contributed by atoms with Crippen molar-refractivity contribution < 1.29 is 9.18 Å². The lowest BCUT2D eigenvalue weighted by Gasteiger charge is -2.11. The highest BCUT2D eigenvalue weighted by Crippen LogP contribution is 2.25. The summed E-state index contributed by atoms with van der Waals surface area (Å²) in [6, 6.07) is 11.3. The molecule has 0 N–H and O–H groups in total. The number of aryl methyl sites for hydroxylation is 2. The Morgan fingerprint density at radius 1 is 1.03 bits per heavy atom. The van der Waals surface area contributed by atoms with E-state index in [9.17, 15) is 14.0 Å². The number of halogens is 1. The summed E-state index contributed by atoms with van der Waals surface area (Å²) in [7, 11) is 0. The van der Waals surface area contributed by atoms with Crippen LogP contribution in [0.25, 0.3) is 11.3 Å². The van der Waals surface area contributed by atoms with Crippen LogP contribution < -0.4 is 5.56 Å². The average Bonchev–Trinajstić information content (AvgIpc) is 3.14. The van der Waals surface area contributed by atoms with Crippen LogP contribution in [0.4, 0.5) is 4.39 Å². The Labute approximate surface area is 176 Å². The van der Waals surface area contributed by atoms with Gasteiger partial charge in [0.25, 0.3) is 0 Å². The summed E-state index contributed by atoms with van der Waals surface area (Å²) in [5, 5.41) is 8.16. The number of hydrogen-bond donors (Lipinski definition) is 0. The van der Waals surface area contributed by atoms with Gasteiger partial charge in [-0.1, -0.05) is 23.9 Å². The third-order valence-corrected chi connectivity index (χ3v) is 6.04. The standard InChI is InChI=1S/C22H19FN4O2S/c1-13-4-5-16(12-14(13)2)19(28)15(3)30-22-25-24-20-21(29)26(10-11-27(20)22)18-8-6-17(23)7-9-18/h4-12,15H,1-3H3. The van der Waals surface area contributed by atoms with Gasteiger partial charge < -0.3 is 0 Å². The number of carbonyl (C=O) groups excluding carboxylic acids is 1. The van der Waals surface area contributed by atoms with Crippen molar-refractivity contribution in [3.63, 3.8) is 0 Å². The van der Waals surface area contributed by atoms with Gasteiger partial charge in [0, 0.05) is 23.6 Å². The van der Waals surface area contributed by atoms with E-state index >= 15 is 0 Å². The second kappa shape index (κ2) is 7.87. The van der Waals surface area contributed by atoms with E-state index in [4.69, 9.17) is 0 Å². The van der Waals surface area contributed by atoms with Crippen LogP contribution >= 0.6 is 11.8 Å². The molecule has 1 unspecified atom stereocenters. The van der Waals surface area contributed by atoms with Gasteiger partial charge in [0.05, 0.1) is 5.25 Å². The van der Waals surface area contributed by atoms with Crippen LogP contribution in [0, 0.1) is 19.7 Å². The Balaban J connectivity index is 1.63. The second-order valence-electron chi connectivity index (χ2n) is 7.05. The first kappa shape index (κ1) is 20.0. The lowest BCUT2D eigenvalue weighted by Crippen LogP contribution is -2.20. The molecule has 0 saturated heterocycles. The summed E-state index contributed by atoms with van der Waals surface area (Å²) < 4.78 is 16.1. The van der Waals surface area contributed by atoms with Crippen LogP contribution in [0.15, 0.2) is 64.8 Å². The molecule has 4 aromatic rings. The van der Waals surface area contributed by atoms with E-state index in [2.05, 4.69) is 10.2 Å². The molecule has 0 aliphatic rings. The van der Waals surface area contributed by atoms with Crippen molar-refractivity contribution in [1.82, 2.24) is 19.2 Å². The van der Waals surface area contributed by atoms with Crippen molar-refractivity contribution in [3.8, 4) is 5.69 Å². The Hall–Kier alpha value is -3.26. The van der Waals surface area contributed by atoms with Crippen molar-refractivity contribution >= 4 is 23.2 Å². The first-order valence-corrected chi connectivity index (χ1v) is 10.2. The molecule has 2 aromatic carbocycles. The van der Waals surface area contributed by atoms with Crippen LogP contribution in [0.5, 0.6) is 0 Å². The van der Waals surface area contributed by atoms with E-state index in [1.54, 1.807) is 16.8 Å². The van der Waals surface area contributed by atoms with E-state index in [0.717, 1.165) is 11.1 Å². The van der Waals surface area contributed by atoms with Gasteiger partial charge in [0.1, 0.15) is 5.82 Å².